The molecule has 25 heavy (non-hydrogen) atoms. The van der Waals surface area contributed by atoms with Crippen molar-refractivity contribution in [2.75, 3.05) is 6.61 Å². The summed E-state index contributed by atoms with van der Waals surface area (Å²) < 4.78 is 5.90. The van der Waals surface area contributed by atoms with Crippen LogP contribution in [-0.4, -0.2) is 17.5 Å². The number of para-hydroxylation sites is 2. The average molecular weight is 340 g/mol. The Balaban J connectivity index is 1.88. The Morgan fingerprint density at radius 1 is 0.920 bits per heavy atom. The lowest BCUT2D eigenvalue weighted by Gasteiger charge is -2.11. The van der Waals surface area contributed by atoms with Crippen molar-refractivity contribution >= 4 is 5.78 Å². The molecular formula is C22H28O3. The quantitative estimate of drug-likeness (QED) is 0.430. The number of phenols is 1. The lowest BCUT2D eigenvalue weighted by molar-refractivity contribution is 0.0989. The number of carbonyl (C=O) groups excluding carboxylic acids is 1. The number of phenolic OH excluding ortho intramolecular Hbond substituents is 1. The predicted octanol–water partition coefficient (Wildman–Crippen LogP) is 5.56. The number of benzene rings is 2. The van der Waals surface area contributed by atoms with Gasteiger partial charge in [0, 0.05) is 12.0 Å². The van der Waals surface area contributed by atoms with Gasteiger partial charge in [0.15, 0.2) is 5.78 Å². The van der Waals surface area contributed by atoms with Gasteiger partial charge in [-0.15, -0.1) is 0 Å². The Kier molecular flexibility index (Phi) is 8.03. The molecule has 2 aromatic carbocycles. The van der Waals surface area contributed by atoms with Crippen LogP contribution in [0.5, 0.6) is 11.5 Å². The number of ketones is 1. The minimum atomic E-state index is -0.103. The Labute approximate surface area is 150 Å². The van der Waals surface area contributed by atoms with Crippen molar-refractivity contribution in [3.8, 4) is 11.5 Å². The van der Waals surface area contributed by atoms with Crippen molar-refractivity contribution < 1.29 is 14.6 Å². The fourth-order valence-electron chi connectivity index (χ4n) is 2.83. The van der Waals surface area contributed by atoms with Crippen LogP contribution >= 0.6 is 0 Å². The molecule has 0 aliphatic carbocycles. The molecule has 0 spiro atoms. The largest absolute Gasteiger partial charge is 0.507 e. The van der Waals surface area contributed by atoms with E-state index in [0.29, 0.717) is 12.2 Å². The first-order valence-corrected chi connectivity index (χ1v) is 9.24. The summed E-state index contributed by atoms with van der Waals surface area (Å²) in [7, 11) is 0. The monoisotopic (exact) mass is 340 g/mol. The second-order valence-corrected chi connectivity index (χ2v) is 6.34. The van der Waals surface area contributed by atoms with E-state index in [1.165, 1.54) is 38.2 Å². The van der Waals surface area contributed by atoms with E-state index in [2.05, 4.69) is 6.92 Å². The van der Waals surface area contributed by atoms with Gasteiger partial charge in [0.25, 0.3) is 0 Å². The molecule has 3 heteroatoms. The Bertz CT molecular complexity index is 664. The van der Waals surface area contributed by atoms with Crippen LogP contribution in [0.3, 0.4) is 0 Å². The molecule has 0 amide bonds. The van der Waals surface area contributed by atoms with Gasteiger partial charge < -0.3 is 9.84 Å². The summed E-state index contributed by atoms with van der Waals surface area (Å²) in [6.45, 7) is 2.89. The summed E-state index contributed by atoms with van der Waals surface area (Å²) in [6, 6.07) is 14.3. The fourth-order valence-corrected chi connectivity index (χ4v) is 2.83. The van der Waals surface area contributed by atoms with Crippen LogP contribution < -0.4 is 4.74 Å². The van der Waals surface area contributed by atoms with E-state index in [0.717, 1.165) is 17.7 Å². The van der Waals surface area contributed by atoms with E-state index in [9.17, 15) is 9.90 Å². The van der Waals surface area contributed by atoms with Crippen molar-refractivity contribution in [3.05, 3.63) is 59.7 Å². The highest BCUT2D eigenvalue weighted by Gasteiger charge is 2.13. The molecule has 134 valence electrons. The second kappa shape index (κ2) is 10.5. The standard InChI is InChI=1S/C22H28O3/c1-2-3-4-5-6-11-16-25-22-15-10-7-12-18(22)17-21(24)19-13-8-9-14-20(19)23/h7-10,12-15,23H,2-6,11,16-17H2,1H3. The van der Waals surface area contributed by atoms with Gasteiger partial charge in [0.05, 0.1) is 12.2 Å². The summed E-state index contributed by atoms with van der Waals surface area (Å²) in [5.74, 6) is 0.687. The molecule has 0 heterocycles. The maximum absolute atomic E-state index is 12.4. The van der Waals surface area contributed by atoms with Crippen molar-refractivity contribution in [1.82, 2.24) is 0 Å². The molecule has 2 rings (SSSR count). The first-order chi connectivity index (χ1) is 12.2. The lowest BCUT2D eigenvalue weighted by atomic mass is 10.0. The third-order valence-corrected chi connectivity index (χ3v) is 4.28. The van der Waals surface area contributed by atoms with Crippen LogP contribution in [-0.2, 0) is 6.42 Å². The van der Waals surface area contributed by atoms with Gasteiger partial charge >= 0.3 is 0 Å². The minimum Gasteiger partial charge on any atom is -0.507 e. The Hall–Kier alpha value is -2.29. The molecule has 0 aliphatic heterocycles. The number of Topliss-reactive ketones (excluding diaryl/α,β-unsaturated/α-hetero) is 1. The normalized spacial score (nSPS) is 10.6. The van der Waals surface area contributed by atoms with Gasteiger partial charge in [-0.1, -0.05) is 69.4 Å². The number of unbranched alkanes of at least 4 members (excludes halogenated alkanes) is 5. The third kappa shape index (κ3) is 6.26. The summed E-state index contributed by atoms with van der Waals surface area (Å²) >= 11 is 0. The molecule has 0 aliphatic rings. The topological polar surface area (TPSA) is 46.5 Å². The SMILES string of the molecule is CCCCCCCCOc1ccccc1CC(=O)c1ccccc1O. The highest BCUT2D eigenvalue weighted by Crippen LogP contribution is 2.23. The predicted molar refractivity (Wildman–Crippen MR) is 101 cm³/mol. The lowest BCUT2D eigenvalue weighted by Crippen LogP contribution is -2.07. The van der Waals surface area contributed by atoms with Gasteiger partial charge in [-0.3, -0.25) is 4.79 Å². The molecule has 0 atom stereocenters. The Morgan fingerprint density at radius 3 is 2.40 bits per heavy atom. The van der Waals surface area contributed by atoms with Gasteiger partial charge in [-0.05, 0) is 24.6 Å². The average Bonchev–Trinajstić information content (AvgIpc) is 2.62. The molecule has 0 saturated heterocycles. The summed E-state index contributed by atoms with van der Waals surface area (Å²) in [4.78, 5) is 12.4. The van der Waals surface area contributed by atoms with Gasteiger partial charge in [0.1, 0.15) is 11.5 Å². The van der Waals surface area contributed by atoms with Crippen molar-refractivity contribution in [3.63, 3.8) is 0 Å². The molecule has 0 bridgehead atoms. The zero-order valence-electron chi connectivity index (χ0n) is 15.0. The summed E-state index contributed by atoms with van der Waals surface area (Å²) in [6.07, 6.45) is 7.55. The van der Waals surface area contributed by atoms with Crippen LogP contribution in [0.4, 0.5) is 0 Å². The number of rotatable bonds is 11. The molecule has 0 fully saturated rings. The van der Waals surface area contributed by atoms with Crippen molar-refractivity contribution in [2.24, 2.45) is 0 Å². The third-order valence-electron chi connectivity index (χ3n) is 4.28. The molecular weight excluding hydrogens is 312 g/mol. The zero-order valence-corrected chi connectivity index (χ0v) is 15.0. The molecule has 2 aromatic rings. The number of aromatic hydroxyl groups is 1. The highest BCUT2D eigenvalue weighted by atomic mass is 16.5. The van der Waals surface area contributed by atoms with Crippen molar-refractivity contribution in [1.29, 1.82) is 0 Å². The van der Waals surface area contributed by atoms with E-state index in [1.807, 2.05) is 24.3 Å². The fraction of sp³-hybridized carbons (Fsp3) is 0.409. The maximum Gasteiger partial charge on any atom is 0.171 e. The zero-order chi connectivity index (χ0) is 17.9. The molecule has 1 N–H and O–H groups in total. The van der Waals surface area contributed by atoms with Gasteiger partial charge in [-0.25, -0.2) is 0 Å². The minimum absolute atomic E-state index is 0.0259. The van der Waals surface area contributed by atoms with Crippen LogP contribution in [0.25, 0.3) is 0 Å². The van der Waals surface area contributed by atoms with Gasteiger partial charge in [0.2, 0.25) is 0 Å². The van der Waals surface area contributed by atoms with Crippen LogP contribution in [0, 0.1) is 0 Å². The molecule has 3 nitrogen and oxygen atoms in total. The second-order valence-electron chi connectivity index (χ2n) is 6.34. The molecule has 0 radical (unpaired) electrons. The number of carbonyl (C=O) groups is 1. The van der Waals surface area contributed by atoms with E-state index >= 15 is 0 Å². The van der Waals surface area contributed by atoms with Gasteiger partial charge in [-0.2, -0.15) is 0 Å². The molecule has 0 saturated carbocycles. The van der Waals surface area contributed by atoms with E-state index in [-0.39, 0.29) is 18.0 Å². The van der Waals surface area contributed by atoms with E-state index in [4.69, 9.17) is 4.74 Å². The number of hydrogen-bond acceptors (Lipinski definition) is 3. The van der Waals surface area contributed by atoms with E-state index < -0.39 is 0 Å². The maximum atomic E-state index is 12.4. The van der Waals surface area contributed by atoms with Crippen molar-refractivity contribution in [2.45, 2.75) is 51.9 Å². The first-order valence-electron chi connectivity index (χ1n) is 9.24. The Morgan fingerprint density at radius 2 is 1.60 bits per heavy atom. The van der Waals surface area contributed by atoms with Crippen LogP contribution in [0.1, 0.15) is 61.4 Å². The summed E-state index contributed by atoms with van der Waals surface area (Å²) in [5.41, 5.74) is 1.22. The smallest absolute Gasteiger partial charge is 0.171 e. The number of ether oxygens (including phenoxy) is 1. The van der Waals surface area contributed by atoms with E-state index in [1.54, 1.807) is 18.2 Å². The molecule has 0 aromatic heterocycles. The number of hydrogen-bond donors (Lipinski definition) is 1. The molecule has 0 unspecified atom stereocenters. The first kappa shape index (κ1) is 19.0. The van der Waals surface area contributed by atoms with Crippen LogP contribution in [0.2, 0.25) is 0 Å². The summed E-state index contributed by atoms with van der Waals surface area (Å²) in [5, 5.41) is 9.84. The van der Waals surface area contributed by atoms with Crippen LogP contribution in [0.15, 0.2) is 48.5 Å². The highest BCUT2D eigenvalue weighted by molar-refractivity contribution is 6.00.